The molecule has 0 saturated carbocycles. The van der Waals surface area contributed by atoms with E-state index in [-0.39, 0.29) is 0 Å². The van der Waals surface area contributed by atoms with Gasteiger partial charge in [-0.05, 0) is 89.7 Å². The second-order valence-corrected chi connectivity index (χ2v) is 9.30. The molecule has 132 valence electrons. The van der Waals surface area contributed by atoms with Gasteiger partial charge in [0.15, 0.2) is 0 Å². The van der Waals surface area contributed by atoms with Gasteiger partial charge in [0.2, 0.25) is 5.95 Å². The van der Waals surface area contributed by atoms with Crippen LogP contribution in [0.25, 0.3) is 11.0 Å². The molecule has 0 radical (unpaired) electrons. The Morgan fingerprint density at radius 3 is 2.21 bits per heavy atom. The molecule has 4 nitrogen and oxygen atoms in total. The van der Waals surface area contributed by atoms with Crippen LogP contribution in [0, 0.1) is 0 Å². The fraction of sp³-hybridized carbons (Fsp3) is 0.562. The van der Waals surface area contributed by atoms with Gasteiger partial charge < -0.3 is 14.8 Å². The predicted molar refractivity (Wildman–Crippen MR) is 115 cm³/mol. The van der Waals surface area contributed by atoms with Crippen LogP contribution in [-0.2, 0) is 7.05 Å². The summed E-state index contributed by atoms with van der Waals surface area (Å²) in [6.07, 6.45) is 5.41. The number of likely N-dealkylation sites (tertiary alicyclic amines) is 1. The van der Waals surface area contributed by atoms with Crippen LogP contribution < -0.4 is 5.32 Å². The third-order valence-corrected chi connectivity index (χ3v) is 9.23. The van der Waals surface area contributed by atoms with E-state index in [2.05, 4.69) is 78.5 Å². The fourth-order valence-corrected chi connectivity index (χ4v) is 5.58. The van der Waals surface area contributed by atoms with Crippen LogP contribution in [0.15, 0.2) is 17.9 Å². The first-order chi connectivity index (χ1) is 11.5. The molecule has 0 atom stereocenters. The van der Waals surface area contributed by atoms with Gasteiger partial charge in [-0.15, -0.1) is 0 Å². The number of hydrogen-bond acceptors (Lipinski definition) is 3. The van der Waals surface area contributed by atoms with E-state index in [1.165, 1.54) is 38.8 Å². The summed E-state index contributed by atoms with van der Waals surface area (Å²) in [5, 5.41) is 3.50. The minimum Gasteiger partial charge on any atom is -0.354 e. The molecule has 0 bridgehead atoms. The van der Waals surface area contributed by atoms with Crippen molar-refractivity contribution in [3.8, 4) is 0 Å². The zero-order valence-corrected chi connectivity index (χ0v) is 19.9. The molecule has 1 N–H and O–H groups in total. The molecule has 0 aliphatic carbocycles. The number of rotatable bonds is 4. The number of halogens is 4. The maximum absolute atomic E-state index is 4.78. The van der Waals surface area contributed by atoms with Crippen LogP contribution >= 0.6 is 63.7 Å². The van der Waals surface area contributed by atoms with Crippen molar-refractivity contribution >= 4 is 80.7 Å². The summed E-state index contributed by atoms with van der Waals surface area (Å²) in [6, 6.07) is 0. The fourth-order valence-electron chi connectivity index (χ4n) is 3.15. The number of fused-ring (bicyclic) bond motifs is 1. The topological polar surface area (TPSA) is 33.1 Å². The Kier molecular flexibility index (Phi) is 6.68. The predicted octanol–water partition coefficient (Wildman–Crippen LogP) is 5.91. The number of anilines is 1. The van der Waals surface area contributed by atoms with Gasteiger partial charge >= 0.3 is 0 Å². The molecular formula is C16H20Br4N4. The average Bonchev–Trinajstić information content (AvgIpc) is 2.76. The van der Waals surface area contributed by atoms with E-state index in [0.29, 0.717) is 0 Å². The van der Waals surface area contributed by atoms with Crippen molar-refractivity contribution in [3.63, 3.8) is 0 Å². The molecule has 0 amide bonds. The Hall–Kier alpha value is 0.370. The highest BCUT2D eigenvalue weighted by molar-refractivity contribution is 9.15. The number of aromatic nitrogens is 2. The normalized spacial score (nSPS) is 16.5. The van der Waals surface area contributed by atoms with Crippen LogP contribution in [0.5, 0.6) is 0 Å². The average molecular weight is 588 g/mol. The van der Waals surface area contributed by atoms with Gasteiger partial charge in [-0.3, -0.25) is 0 Å². The van der Waals surface area contributed by atoms with Crippen molar-refractivity contribution in [2.45, 2.75) is 25.7 Å². The Balaban J connectivity index is 1.77. The van der Waals surface area contributed by atoms with Crippen LogP contribution in [0.2, 0.25) is 0 Å². The lowest BCUT2D eigenvalue weighted by Crippen LogP contribution is -2.30. The molecule has 0 spiro atoms. The summed E-state index contributed by atoms with van der Waals surface area (Å²) < 4.78 is 6.02. The van der Waals surface area contributed by atoms with Gasteiger partial charge in [0, 0.05) is 29.1 Å². The molecule has 2 aromatic rings. The maximum Gasteiger partial charge on any atom is 0.203 e. The van der Waals surface area contributed by atoms with Crippen molar-refractivity contribution in [3.05, 3.63) is 17.9 Å². The molecule has 1 aliphatic heterocycles. The number of benzene rings is 1. The van der Waals surface area contributed by atoms with E-state index in [0.717, 1.165) is 48.0 Å². The molecule has 1 aliphatic rings. The van der Waals surface area contributed by atoms with Gasteiger partial charge in [0.25, 0.3) is 0 Å². The first-order valence-corrected chi connectivity index (χ1v) is 11.3. The summed E-state index contributed by atoms with van der Waals surface area (Å²) in [5.74, 6) is 0.895. The highest BCUT2D eigenvalue weighted by atomic mass is 79.9. The Morgan fingerprint density at radius 2 is 1.54 bits per heavy atom. The monoisotopic (exact) mass is 584 g/mol. The van der Waals surface area contributed by atoms with Crippen molar-refractivity contribution in [1.29, 1.82) is 0 Å². The molecule has 1 fully saturated rings. The van der Waals surface area contributed by atoms with E-state index in [1.54, 1.807) is 0 Å². The third kappa shape index (κ3) is 3.87. The van der Waals surface area contributed by atoms with Gasteiger partial charge in [-0.25, -0.2) is 4.98 Å². The summed E-state index contributed by atoms with van der Waals surface area (Å²) in [4.78, 5) is 7.34. The van der Waals surface area contributed by atoms with Crippen LogP contribution in [0.4, 0.5) is 5.95 Å². The largest absolute Gasteiger partial charge is 0.354 e. The molecule has 24 heavy (non-hydrogen) atoms. The second-order valence-electron chi connectivity index (χ2n) is 6.13. The number of aryl methyl sites for hydroxylation is 1. The minimum atomic E-state index is 0.895. The Bertz CT molecular complexity index is 736. The zero-order valence-electron chi connectivity index (χ0n) is 13.5. The number of imidazole rings is 1. The minimum absolute atomic E-state index is 0.895. The molecule has 3 rings (SSSR count). The first kappa shape index (κ1) is 19.1. The lowest BCUT2D eigenvalue weighted by atomic mass is 10.2. The lowest BCUT2D eigenvalue weighted by molar-refractivity contribution is 0.296. The van der Waals surface area contributed by atoms with E-state index in [9.17, 15) is 0 Å². The molecule has 2 heterocycles. The second kappa shape index (κ2) is 8.37. The zero-order chi connectivity index (χ0) is 17.3. The number of hydrogen-bond donors (Lipinski definition) is 1. The van der Waals surface area contributed by atoms with Crippen LogP contribution in [0.1, 0.15) is 25.7 Å². The molecular weight excluding hydrogens is 568 g/mol. The van der Waals surface area contributed by atoms with E-state index >= 15 is 0 Å². The van der Waals surface area contributed by atoms with Crippen molar-refractivity contribution in [1.82, 2.24) is 14.5 Å². The SMILES string of the molecule is Cn1c(NCCN2CCCCCC2)nc2c(Br)c(Br)c(Br)c(Br)c21. The summed E-state index contributed by atoms with van der Waals surface area (Å²) >= 11 is 14.5. The van der Waals surface area contributed by atoms with Crippen LogP contribution in [-0.4, -0.2) is 40.6 Å². The van der Waals surface area contributed by atoms with Gasteiger partial charge in [-0.2, -0.15) is 0 Å². The highest BCUT2D eigenvalue weighted by Crippen LogP contribution is 2.43. The van der Waals surface area contributed by atoms with Crippen molar-refractivity contribution in [2.24, 2.45) is 7.05 Å². The first-order valence-electron chi connectivity index (χ1n) is 8.15. The number of nitrogens with one attached hydrogen (secondary N) is 1. The lowest BCUT2D eigenvalue weighted by Gasteiger charge is -2.19. The van der Waals surface area contributed by atoms with E-state index in [1.807, 2.05) is 7.05 Å². The van der Waals surface area contributed by atoms with E-state index in [4.69, 9.17) is 4.98 Å². The molecule has 1 aromatic heterocycles. The maximum atomic E-state index is 4.78. The van der Waals surface area contributed by atoms with E-state index < -0.39 is 0 Å². The number of nitrogens with zero attached hydrogens (tertiary/aromatic N) is 3. The Labute approximate surface area is 176 Å². The van der Waals surface area contributed by atoms with Gasteiger partial charge in [-0.1, -0.05) is 12.8 Å². The highest BCUT2D eigenvalue weighted by Gasteiger charge is 2.19. The molecule has 8 heteroatoms. The molecule has 1 aromatic carbocycles. The quantitative estimate of drug-likeness (QED) is 0.357. The third-order valence-electron chi connectivity index (χ3n) is 4.50. The van der Waals surface area contributed by atoms with Crippen molar-refractivity contribution in [2.75, 3.05) is 31.5 Å². The summed E-state index contributed by atoms with van der Waals surface area (Å²) in [6.45, 7) is 4.43. The summed E-state index contributed by atoms with van der Waals surface area (Å²) in [5.41, 5.74) is 2.01. The van der Waals surface area contributed by atoms with Gasteiger partial charge in [0.1, 0.15) is 5.52 Å². The van der Waals surface area contributed by atoms with Crippen molar-refractivity contribution < 1.29 is 0 Å². The summed E-state index contributed by atoms with van der Waals surface area (Å²) in [7, 11) is 2.04. The molecule has 1 saturated heterocycles. The molecule has 0 unspecified atom stereocenters. The standard InChI is InChI=1S/C16H20Br4N4/c1-23-15-13(20)11(18)10(17)12(19)14(15)22-16(23)21-6-9-24-7-4-2-3-5-8-24/h2-9H2,1H3,(H,21,22). The van der Waals surface area contributed by atoms with Gasteiger partial charge in [0.05, 0.1) is 14.5 Å². The Morgan fingerprint density at radius 1 is 0.917 bits per heavy atom. The van der Waals surface area contributed by atoms with Crippen LogP contribution in [0.3, 0.4) is 0 Å². The smallest absolute Gasteiger partial charge is 0.203 e.